The van der Waals surface area contributed by atoms with E-state index in [-0.39, 0.29) is 9.52 Å². The Morgan fingerprint density at radius 3 is 2.67 bits per heavy atom. The van der Waals surface area contributed by atoms with Crippen LogP contribution in [-0.2, 0) is 6.04 Å². The van der Waals surface area contributed by atoms with Crippen molar-refractivity contribution in [3.63, 3.8) is 0 Å². The fourth-order valence-corrected chi connectivity index (χ4v) is 2.58. The predicted octanol–water partition coefficient (Wildman–Crippen LogP) is 1.69. The van der Waals surface area contributed by atoms with Crippen LogP contribution >= 0.6 is 0 Å². The molecule has 0 bridgehead atoms. The number of rotatable bonds is 4. The van der Waals surface area contributed by atoms with Gasteiger partial charge in [0.25, 0.3) is 0 Å². The van der Waals surface area contributed by atoms with Gasteiger partial charge >= 0.3 is 0 Å². The van der Waals surface area contributed by atoms with E-state index in [1.165, 1.54) is 11.6 Å². The number of hydrogen-bond donors (Lipinski definition) is 0. The Morgan fingerprint density at radius 1 is 1.25 bits per heavy atom. The molecule has 0 spiro atoms. The van der Waals surface area contributed by atoms with Gasteiger partial charge in [0.15, 0.2) is 0 Å². The molecule has 1 rings (SSSR count). The van der Waals surface area contributed by atoms with Crippen molar-refractivity contribution in [3.8, 4) is 6.07 Å². The van der Waals surface area contributed by atoms with E-state index in [0.717, 1.165) is 12.5 Å². The zero-order chi connectivity index (χ0) is 8.65. The molecule has 2 heteroatoms. The molecule has 0 amide bonds. The Morgan fingerprint density at radius 2 is 2.00 bits per heavy atom. The summed E-state index contributed by atoms with van der Waals surface area (Å²) in [5.74, 6) is 0. The van der Waals surface area contributed by atoms with E-state index in [1.54, 1.807) is 0 Å². The molecule has 1 aromatic rings. The van der Waals surface area contributed by atoms with Gasteiger partial charge in [0.2, 0.25) is 0 Å². The van der Waals surface area contributed by atoms with Crippen molar-refractivity contribution in [2.24, 2.45) is 0 Å². The lowest BCUT2D eigenvalue weighted by Crippen LogP contribution is -1.95. The Bertz CT molecular complexity index is 250. The Balaban J connectivity index is 2.21. The molecule has 0 heterocycles. The van der Waals surface area contributed by atoms with E-state index in [1.807, 2.05) is 6.07 Å². The van der Waals surface area contributed by atoms with Gasteiger partial charge in [-0.3, -0.25) is 0 Å². The third-order valence-corrected chi connectivity index (χ3v) is 3.63. The minimum atomic E-state index is -0.0205. The molecule has 0 aliphatic rings. The van der Waals surface area contributed by atoms with Crippen molar-refractivity contribution in [2.75, 3.05) is 0 Å². The van der Waals surface area contributed by atoms with Crippen LogP contribution in [0.25, 0.3) is 0 Å². The molecule has 1 nitrogen and oxygen atoms in total. The van der Waals surface area contributed by atoms with E-state index in [2.05, 4.69) is 30.3 Å². The van der Waals surface area contributed by atoms with Crippen LogP contribution in [0.5, 0.6) is 0 Å². The zero-order valence-corrected chi connectivity index (χ0v) is 8.58. The monoisotopic (exact) mass is 175 g/mol. The lowest BCUT2D eigenvalue weighted by Gasteiger charge is -1.96. The zero-order valence-electron chi connectivity index (χ0n) is 7.16. The minimum absolute atomic E-state index is 0.0205. The van der Waals surface area contributed by atoms with Crippen LogP contribution in [0.3, 0.4) is 0 Å². The molecule has 0 saturated carbocycles. The highest BCUT2D eigenvalue weighted by atomic mass is 28.2. The first kappa shape index (κ1) is 9.02. The van der Waals surface area contributed by atoms with Crippen LogP contribution in [0.4, 0.5) is 0 Å². The average Bonchev–Trinajstić information content (AvgIpc) is 2.14. The van der Waals surface area contributed by atoms with Crippen LogP contribution in [0.2, 0.25) is 6.04 Å². The molecule has 1 aromatic carbocycles. The van der Waals surface area contributed by atoms with Crippen LogP contribution in [0.15, 0.2) is 30.3 Å². The summed E-state index contributed by atoms with van der Waals surface area (Å²) in [7, 11) is -0.0205. The topological polar surface area (TPSA) is 23.8 Å². The summed E-state index contributed by atoms with van der Waals surface area (Å²) in [6.45, 7) is 0. The Labute approximate surface area is 75.9 Å². The van der Waals surface area contributed by atoms with Crippen molar-refractivity contribution < 1.29 is 0 Å². The van der Waals surface area contributed by atoms with Gasteiger partial charge < -0.3 is 0 Å². The maximum absolute atomic E-state index is 8.34. The van der Waals surface area contributed by atoms with Crippen molar-refractivity contribution >= 4 is 9.52 Å². The van der Waals surface area contributed by atoms with E-state index >= 15 is 0 Å². The second-order valence-corrected chi connectivity index (χ2v) is 4.77. The average molecular weight is 175 g/mol. The standard InChI is InChI=1S/C10H13NSi/c11-7-4-8-12-9-10-5-2-1-3-6-10/h1-3,5-6H,4,8-9,12H2. The van der Waals surface area contributed by atoms with Gasteiger partial charge in [0, 0.05) is 15.9 Å². The highest BCUT2D eigenvalue weighted by Gasteiger charge is 1.91. The van der Waals surface area contributed by atoms with E-state index in [4.69, 9.17) is 5.26 Å². The van der Waals surface area contributed by atoms with Crippen LogP contribution in [0.1, 0.15) is 12.0 Å². The lowest BCUT2D eigenvalue weighted by molar-refractivity contribution is 1.18. The first-order valence-corrected chi connectivity index (χ1v) is 6.34. The van der Waals surface area contributed by atoms with Crippen molar-refractivity contribution in [2.45, 2.75) is 18.5 Å². The quantitative estimate of drug-likeness (QED) is 0.504. The van der Waals surface area contributed by atoms with Crippen molar-refractivity contribution in [3.05, 3.63) is 35.9 Å². The summed E-state index contributed by atoms with van der Waals surface area (Å²) in [6.07, 6.45) is 0.749. The van der Waals surface area contributed by atoms with Crippen LogP contribution < -0.4 is 0 Å². The lowest BCUT2D eigenvalue weighted by atomic mass is 10.2. The highest BCUT2D eigenvalue weighted by Crippen LogP contribution is 2.00. The fraction of sp³-hybridized carbons (Fsp3) is 0.300. The third kappa shape index (κ3) is 3.36. The molecule has 0 atom stereocenters. The van der Waals surface area contributed by atoms with Crippen LogP contribution in [0, 0.1) is 11.3 Å². The summed E-state index contributed by atoms with van der Waals surface area (Å²) in [5.41, 5.74) is 1.43. The fourth-order valence-electron chi connectivity index (χ4n) is 1.18. The van der Waals surface area contributed by atoms with E-state index in [9.17, 15) is 0 Å². The largest absolute Gasteiger partial charge is 0.198 e. The highest BCUT2D eigenvalue weighted by molar-refractivity contribution is 6.34. The summed E-state index contributed by atoms with van der Waals surface area (Å²) in [5, 5.41) is 8.34. The Kier molecular flexibility index (Phi) is 4.18. The molecule has 0 unspecified atom stereocenters. The number of hydrogen-bond acceptors (Lipinski definition) is 1. The van der Waals surface area contributed by atoms with Crippen molar-refractivity contribution in [1.82, 2.24) is 0 Å². The van der Waals surface area contributed by atoms with Gasteiger partial charge in [-0.05, 0) is 12.1 Å². The number of nitrogens with zero attached hydrogens (tertiary/aromatic N) is 1. The molecule has 0 aliphatic carbocycles. The molecule has 12 heavy (non-hydrogen) atoms. The van der Waals surface area contributed by atoms with Gasteiger partial charge in [-0.2, -0.15) is 5.26 Å². The molecule has 0 N–H and O–H groups in total. The summed E-state index contributed by atoms with van der Waals surface area (Å²) in [4.78, 5) is 0. The molecule has 0 aliphatic heterocycles. The maximum Gasteiger partial charge on any atom is 0.0618 e. The first-order chi connectivity index (χ1) is 5.93. The summed E-state index contributed by atoms with van der Waals surface area (Å²) >= 11 is 0. The SMILES string of the molecule is N#CCC[SiH2]Cc1ccccc1. The van der Waals surface area contributed by atoms with Gasteiger partial charge in [0.1, 0.15) is 0 Å². The second-order valence-electron chi connectivity index (χ2n) is 2.85. The minimum Gasteiger partial charge on any atom is -0.198 e. The summed E-state index contributed by atoms with van der Waals surface area (Å²) < 4.78 is 0. The van der Waals surface area contributed by atoms with Gasteiger partial charge in [-0.15, -0.1) is 0 Å². The van der Waals surface area contributed by atoms with Crippen molar-refractivity contribution in [1.29, 1.82) is 5.26 Å². The molecule has 62 valence electrons. The van der Waals surface area contributed by atoms with Gasteiger partial charge in [0.05, 0.1) is 6.07 Å². The maximum atomic E-state index is 8.34. The molecule has 0 radical (unpaired) electrons. The normalized spacial score (nSPS) is 10.2. The molecular weight excluding hydrogens is 162 g/mol. The Hall–Kier alpha value is -1.07. The molecule has 0 aromatic heterocycles. The van der Waals surface area contributed by atoms with Crippen LogP contribution in [-0.4, -0.2) is 9.52 Å². The van der Waals surface area contributed by atoms with Gasteiger partial charge in [-0.1, -0.05) is 35.9 Å². The third-order valence-electron chi connectivity index (χ3n) is 1.85. The smallest absolute Gasteiger partial charge is 0.0618 e. The van der Waals surface area contributed by atoms with E-state index < -0.39 is 0 Å². The summed E-state index contributed by atoms with van der Waals surface area (Å²) in [6, 6.07) is 15.1. The van der Waals surface area contributed by atoms with E-state index in [0.29, 0.717) is 0 Å². The molecule has 0 fully saturated rings. The predicted molar refractivity (Wildman–Crippen MR) is 53.7 cm³/mol. The molecule has 0 saturated heterocycles. The second kappa shape index (κ2) is 5.56. The molecular formula is C10H13NSi. The number of nitriles is 1. The number of benzene rings is 1. The first-order valence-electron chi connectivity index (χ1n) is 4.34. The van der Waals surface area contributed by atoms with Gasteiger partial charge in [-0.25, -0.2) is 0 Å².